The molecule has 0 radical (unpaired) electrons. The van der Waals surface area contributed by atoms with Crippen LogP contribution in [0.15, 0.2) is 10.3 Å². The van der Waals surface area contributed by atoms with Crippen molar-refractivity contribution >= 4 is 48.7 Å². The summed E-state index contributed by atoms with van der Waals surface area (Å²) < 4.78 is 29.7. The lowest BCUT2D eigenvalue weighted by Crippen LogP contribution is -2.11. The van der Waals surface area contributed by atoms with Crippen LogP contribution in [0, 0.1) is 17.0 Å². The highest BCUT2D eigenvalue weighted by Gasteiger charge is 2.25. The number of anilines is 2. The quantitative estimate of drug-likeness (QED) is 0.636. The van der Waals surface area contributed by atoms with Crippen LogP contribution in [0.25, 0.3) is 0 Å². The zero-order valence-corrected chi connectivity index (χ0v) is 11.8. The standard InChI is InChI=1S/C7H7N5O4S3/c1-3-9-7(18-10-3)11-19(15,16)5-2-4(12(13)14)6(8)17-5/h2H,8H2,1H3,(H,9,10,11). The lowest BCUT2D eigenvalue weighted by molar-refractivity contribution is -0.383. The van der Waals surface area contributed by atoms with Gasteiger partial charge in [-0.05, 0) is 6.92 Å². The van der Waals surface area contributed by atoms with E-state index in [0.29, 0.717) is 17.2 Å². The molecule has 0 aliphatic heterocycles. The van der Waals surface area contributed by atoms with Gasteiger partial charge in [0.25, 0.3) is 10.0 Å². The van der Waals surface area contributed by atoms with Crippen LogP contribution in [0.2, 0.25) is 0 Å². The first-order valence-corrected chi connectivity index (χ1v) is 7.74. The fourth-order valence-electron chi connectivity index (χ4n) is 1.15. The van der Waals surface area contributed by atoms with Gasteiger partial charge < -0.3 is 5.73 Å². The Balaban J connectivity index is 2.34. The number of hydrogen-bond acceptors (Lipinski definition) is 9. The average molecular weight is 321 g/mol. The van der Waals surface area contributed by atoms with Crippen molar-refractivity contribution in [2.24, 2.45) is 0 Å². The molecule has 0 fully saturated rings. The second-order valence-corrected chi connectivity index (χ2v) is 7.07. The van der Waals surface area contributed by atoms with Gasteiger partial charge in [-0.1, -0.05) is 11.3 Å². The van der Waals surface area contributed by atoms with Crippen LogP contribution < -0.4 is 10.5 Å². The first-order valence-electron chi connectivity index (χ1n) is 4.66. The summed E-state index contributed by atoms with van der Waals surface area (Å²) in [6.45, 7) is 1.61. The van der Waals surface area contributed by atoms with Crippen molar-refractivity contribution in [1.29, 1.82) is 0 Å². The highest BCUT2D eigenvalue weighted by molar-refractivity contribution is 7.95. The molecule has 12 heteroatoms. The molecule has 102 valence electrons. The van der Waals surface area contributed by atoms with E-state index in [0.717, 1.165) is 17.6 Å². The molecule has 0 atom stereocenters. The van der Waals surface area contributed by atoms with Crippen LogP contribution in [0.1, 0.15) is 5.82 Å². The normalized spacial score (nSPS) is 11.4. The molecule has 0 aromatic carbocycles. The van der Waals surface area contributed by atoms with E-state index < -0.39 is 20.6 Å². The van der Waals surface area contributed by atoms with Gasteiger partial charge in [-0.15, -0.1) is 0 Å². The Bertz CT molecular complexity index is 734. The highest BCUT2D eigenvalue weighted by Crippen LogP contribution is 2.35. The van der Waals surface area contributed by atoms with Crippen molar-refractivity contribution in [2.75, 3.05) is 10.5 Å². The predicted molar refractivity (Wildman–Crippen MR) is 70.8 cm³/mol. The SMILES string of the molecule is Cc1nsc(NS(=O)(=O)c2cc([N+](=O)[O-])c(N)s2)n1. The predicted octanol–water partition coefficient (Wildman–Crippen LogP) is 1.20. The molecule has 2 aromatic heterocycles. The second-order valence-electron chi connectivity index (χ2n) is 3.32. The number of sulfonamides is 1. The molecular formula is C7H7N5O4S3. The maximum absolute atomic E-state index is 12.0. The molecule has 0 amide bonds. The third-order valence-electron chi connectivity index (χ3n) is 1.93. The Labute approximate surface area is 115 Å². The van der Waals surface area contributed by atoms with E-state index in [4.69, 9.17) is 5.73 Å². The molecule has 0 saturated heterocycles. The van der Waals surface area contributed by atoms with E-state index in [1.807, 2.05) is 0 Å². The zero-order chi connectivity index (χ0) is 14.2. The van der Waals surface area contributed by atoms with Crippen LogP contribution in [-0.4, -0.2) is 22.7 Å². The Morgan fingerprint density at radius 1 is 1.53 bits per heavy atom. The molecule has 3 N–H and O–H groups in total. The van der Waals surface area contributed by atoms with E-state index >= 15 is 0 Å². The van der Waals surface area contributed by atoms with E-state index in [9.17, 15) is 18.5 Å². The Morgan fingerprint density at radius 2 is 2.21 bits per heavy atom. The largest absolute Gasteiger partial charge is 0.385 e. The van der Waals surface area contributed by atoms with Crippen LogP contribution in [-0.2, 0) is 10.0 Å². The van der Waals surface area contributed by atoms with Gasteiger partial charge in [-0.3, -0.25) is 14.8 Å². The number of nitrogens with one attached hydrogen (secondary N) is 1. The Kier molecular flexibility index (Phi) is 3.38. The average Bonchev–Trinajstić information content (AvgIpc) is 2.84. The number of hydrogen-bond donors (Lipinski definition) is 2. The molecule has 0 bridgehead atoms. The van der Waals surface area contributed by atoms with Gasteiger partial charge in [-0.25, -0.2) is 13.4 Å². The number of rotatable bonds is 4. The molecule has 0 aliphatic rings. The molecule has 19 heavy (non-hydrogen) atoms. The molecule has 9 nitrogen and oxygen atoms in total. The van der Waals surface area contributed by atoms with Gasteiger partial charge in [0, 0.05) is 17.6 Å². The third-order valence-corrected chi connectivity index (χ3v) is 5.55. The maximum atomic E-state index is 12.0. The molecule has 2 rings (SSSR count). The first-order chi connectivity index (χ1) is 8.79. The minimum Gasteiger partial charge on any atom is -0.385 e. The summed E-state index contributed by atoms with van der Waals surface area (Å²) in [6.07, 6.45) is 0. The molecule has 2 aromatic rings. The summed E-state index contributed by atoms with van der Waals surface area (Å²) in [6, 6.07) is 0.913. The fraction of sp³-hybridized carbons (Fsp3) is 0.143. The number of nitro groups is 1. The minimum absolute atomic E-state index is 0.0899. The van der Waals surface area contributed by atoms with Crippen molar-refractivity contribution in [3.05, 3.63) is 22.0 Å². The van der Waals surface area contributed by atoms with Crippen molar-refractivity contribution in [1.82, 2.24) is 9.36 Å². The molecular weight excluding hydrogens is 314 g/mol. The second kappa shape index (κ2) is 4.71. The van der Waals surface area contributed by atoms with Gasteiger partial charge in [0.05, 0.1) is 4.92 Å². The smallest absolute Gasteiger partial charge is 0.304 e. The number of nitrogens with zero attached hydrogens (tertiary/aromatic N) is 3. The number of thiophene rings is 1. The summed E-state index contributed by atoms with van der Waals surface area (Å²) in [5, 5.41) is 10.5. The molecule has 2 heterocycles. The van der Waals surface area contributed by atoms with Crippen molar-refractivity contribution in [3.63, 3.8) is 0 Å². The van der Waals surface area contributed by atoms with E-state index in [1.54, 1.807) is 6.92 Å². The lowest BCUT2D eigenvalue weighted by atomic mass is 10.5. The number of aryl methyl sites for hydroxylation is 1. The summed E-state index contributed by atoms with van der Waals surface area (Å²) in [5.41, 5.74) is 4.96. The summed E-state index contributed by atoms with van der Waals surface area (Å²) in [4.78, 5) is 13.7. The maximum Gasteiger partial charge on any atom is 0.304 e. The zero-order valence-electron chi connectivity index (χ0n) is 9.35. The summed E-state index contributed by atoms with van der Waals surface area (Å²) >= 11 is 1.49. The lowest BCUT2D eigenvalue weighted by Gasteiger charge is -2.00. The number of aromatic nitrogens is 2. The summed E-state index contributed by atoms with van der Waals surface area (Å²) in [7, 11) is -3.94. The summed E-state index contributed by atoms with van der Waals surface area (Å²) in [5.74, 6) is 0.430. The highest BCUT2D eigenvalue weighted by atomic mass is 32.2. The Morgan fingerprint density at radius 3 is 2.68 bits per heavy atom. The molecule has 0 spiro atoms. The monoisotopic (exact) mass is 321 g/mol. The molecule has 0 unspecified atom stereocenters. The van der Waals surface area contributed by atoms with Crippen LogP contribution >= 0.6 is 22.9 Å². The van der Waals surface area contributed by atoms with E-state index in [1.165, 1.54) is 0 Å². The molecule has 0 aliphatic carbocycles. The minimum atomic E-state index is -3.94. The molecule has 0 saturated carbocycles. The van der Waals surface area contributed by atoms with Crippen LogP contribution in [0.5, 0.6) is 0 Å². The number of nitrogens with two attached hydrogens (primary N) is 1. The Hall–Kier alpha value is -1.79. The van der Waals surface area contributed by atoms with Gasteiger partial charge in [-0.2, -0.15) is 4.37 Å². The fourth-order valence-corrected chi connectivity index (χ4v) is 4.16. The topological polar surface area (TPSA) is 141 Å². The van der Waals surface area contributed by atoms with E-state index in [-0.39, 0.29) is 14.3 Å². The third kappa shape index (κ3) is 2.80. The van der Waals surface area contributed by atoms with Gasteiger partial charge in [0.1, 0.15) is 10.0 Å². The van der Waals surface area contributed by atoms with Crippen LogP contribution in [0.4, 0.5) is 15.8 Å². The first kappa shape index (κ1) is 13.6. The van der Waals surface area contributed by atoms with E-state index in [2.05, 4.69) is 14.1 Å². The van der Waals surface area contributed by atoms with Gasteiger partial charge >= 0.3 is 5.69 Å². The van der Waals surface area contributed by atoms with Crippen molar-refractivity contribution in [3.8, 4) is 0 Å². The van der Waals surface area contributed by atoms with Gasteiger partial charge in [0.15, 0.2) is 5.00 Å². The van der Waals surface area contributed by atoms with Gasteiger partial charge in [0.2, 0.25) is 5.13 Å². The number of nitrogen functional groups attached to an aromatic ring is 1. The van der Waals surface area contributed by atoms with Crippen molar-refractivity contribution in [2.45, 2.75) is 11.1 Å². The van der Waals surface area contributed by atoms with Crippen LogP contribution in [0.3, 0.4) is 0 Å². The van der Waals surface area contributed by atoms with Crippen molar-refractivity contribution < 1.29 is 13.3 Å².